The molecule has 178 valence electrons. The minimum absolute atomic E-state index is 0.164. The third-order valence-electron chi connectivity index (χ3n) is 6.79. The summed E-state index contributed by atoms with van der Waals surface area (Å²) in [4.78, 5) is 4.87. The standard InChI is InChI=1S/C27H36FN3O2/c1-22(2)27(21-29,23-8-4-3-5-9-23)12-6-13-30-14-7-15-31(17-16-30)18-19-33-26-11-10-24(28)20-25(26)32/h3-5,8-11,20,22,32H,6-7,12-19H2,1-2H3. The Bertz CT molecular complexity index is 915. The topological polar surface area (TPSA) is 59.7 Å². The number of hydrogen-bond donors (Lipinski definition) is 1. The van der Waals surface area contributed by atoms with Gasteiger partial charge in [-0.1, -0.05) is 44.2 Å². The Morgan fingerprint density at radius 2 is 1.76 bits per heavy atom. The molecule has 1 heterocycles. The van der Waals surface area contributed by atoms with Crippen molar-refractivity contribution in [1.82, 2.24) is 9.80 Å². The van der Waals surface area contributed by atoms with E-state index in [4.69, 9.17) is 4.74 Å². The number of hydrogen-bond acceptors (Lipinski definition) is 5. The van der Waals surface area contributed by atoms with Crippen molar-refractivity contribution in [2.45, 2.75) is 38.5 Å². The third-order valence-corrected chi connectivity index (χ3v) is 6.79. The maximum atomic E-state index is 13.1. The molecular formula is C27H36FN3O2. The lowest BCUT2D eigenvalue weighted by Gasteiger charge is -2.32. The summed E-state index contributed by atoms with van der Waals surface area (Å²) in [7, 11) is 0. The number of nitriles is 1. The maximum absolute atomic E-state index is 13.1. The van der Waals surface area contributed by atoms with Gasteiger partial charge in [-0.3, -0.25) is 4.90 Å². The van der Waals surface area contributed by atoms with Crippen molar-refractivity contribution in [2.24, 2.45) is 5.92 Å². The molecule has 1 unspecified atom stereocenters. The van der Waals surface area contributed by atoms with Crippen molar-refractivity contribution in [3.05, 3.63) is 59.9 Å². The molecule has 0 saturated carbocycles. The van der Waals surface area contributed by atoms with E-state index in [1.807, 2.05) is 18.2 Å². The SMILES string of the molecule is CC(C)C(C#N)(CCCN1CCCN(CCOc2ccc(F)cc2O)CC1)c1ccccc1. The Hall–Kier alpha value is -2.62. The van der Waals surface area contributed by atoms with Crippen molar-refractivity contribution < 1.29 is 14.2 Å². The van der Waals surface area contributed by atoms with Crippen molar-refractivity contribution in [3.8, 4) is 17.6 Å². The second-order valence-corrected chi connectivity index (χ2v) is 9.20. The van der Waals surface area contributed by atoms with E-state index in [1.54, 1.807) is 0 Å². The highest BCUT2D eigenvalue weighted by Gasteiger charge is 2.35. The molecule has 0 aromatic heterocycles. The van der Waals surface area contributed by atoms with Crippen LogP contribution in [0.5, 0.6) is 11.5 Å². The molecule has 1 saturated heterocycles. The van der Waals surface area contributed by atoms with Crippen LogP contribution >= 0.6 is 0 Å². The van der Waals surface area contributed by atoms with Crippen molar-refractivity contribution in [3.63, 3.8) is 0 Å². The lowest BCUT2D eigenvalue weighted by Crippen LogP contribution is -2.35. The van der Waals surface area contributed by atoms with Crippen molar-refractivity contribution >= 4 is 0 Å². The molecule has 1 aliphatic heterocycles. The van der Waals surface area contributed by atoms with Crippen LogP contribution in [-0.2, 0) is 5.41 Å². The predicted molar refractivity (Wildman–Crippen MR) is 129 cm³/mol. The smallest absolute Gasteiger partial charge is 0.161 e. The molecule has 0 radical (unpaired) electrons. The lowest BCUT2D eigenvalue weighted by molar-refractivity contribution is 0.203. The number of aromatic hydroxyl groups is 1. The van der Waals surface area contributed by atoms with Crippen LogP contribution in [0.25, 0.3) is 0 Å². The van der Waals surface area contributed by atoms with Gasteiger partial charge in [0.25, 0.3) is 0 Å². The summed E-state index contributed by atoms with van der Waals surface area (Å²) < 4.78 is 18.7. The number of phenolic OH excluding ortho intramolecular Hbond substituents is 1. The average Bonchev–Trinajstić information content (AvgIpc) is 3.04. The molecule has 5 nitrogen and oxygen atoms in total. The zero-order chi connectivity index (χ0) is 23.7. The molecule has 1 aliphatic rings. The fourth-order valence-corrected chi connectivity index (χ4v) is 4.70. The van der Waals surface area contributed by atoms with Crippen LogP contribution in [0.2, 0.25) is 0 Å². The van der Waals surface area contributed by atoms with Gasteiger partial charge in [-0.15, -0.1) is 0 Å². The van der Waals surface area contributed by atoms with Gasteiger partial charge in [-0.25, -0.2) is 4.39 Å². The molecule has 6 heteroatoms. The normalized spacial score (nSPS) is 17.3. The fraction of sp³-hybridized carbons (Fsp3) is 0.519. The summed E-state index contributed by atoms with van der Waals surface area (Å²) in [5, 5.41) is 19.9. The van der Waals surface area contributed by atoms with Gasteiger partial charge in [-0.05, 0) is 62.5 Å². The minimum atomic E-state index is -0.475. The molecule has 2 aromatic rings. The Morgan fingerprint density at radius 1 is 1.06 bits per heavy atom. The van der Waals surface area contributed by atoms with Crippen LogP contribution < -0.4 is 4.74 Å². The molecule has 1 atom stereocenters. The van der Waals surface area contributed by atoms with Crippen LogP contribution in [0, 0.1) is 23.1 Å². The van der Waals surface area contributed by atoms with E-state index in [0.717, 1.165) is 70.2 Å². The van der Waals surface area contributed by atoms with E-state index in [1.165, 1.54) is 12.1 Å². The van der Waals surface area contributed by atoms with Crippen molar-refractivity contribution in [1.29, 1.82) is 5.26 Å². The molecule has 2 aromatic carbocycles. The second-order valence-electron chi connectivity index (χ2n) is 9.20. The molecule has 0 spiro atoms. The highest BCUT2D eigenvalue weighted by atomic mass is 19.1. The number of halogens is 1. The number of nitrogens with zero attached hydrogens (tertiary/aromatic N) is 3. The van der Waals surface area contributed by atoms with Crippen molar-refractivity contribution in [2.75, 3.05) is 45.9 Å². The monoisotopic (exact) mass is 453 g/mol. The van der Waals surface area contributed by atoms with Gasteiger partial charge in [0.05, 0.1) is 11.5 Å². The number of rotatable bonds is 10. The molecular weight excluding hydrogens is 417 g/mol. The van der Waals surface area contributed by atoms with E-state index in [-0.39, 0.29) is 11.7 Å². The predicted octanol–water partition coefficient (Wildman–Crippen LogP) is 4.82. The Morgan fingerprint density at radius 3 is 2.39 bits per heavy atom. The Balaban J connectivity index is 1.44. The highest BCUT2D eigenvalue weighted by molar-refractivity contribution is 5.38. The summed E-state index contributed by atoms with van der Waals surface area (Å²) in [6, 6.07) is 16.7. The van der Waals surface area contributed by atoms with Gasteiger partial charge in [0.2, 0.25) is 0 Å². The van der Waals surface area contributed by atoms with E-state index in [0.29, 0.717) is 12.4 Å². The second kappa shape index (κ2) is 12.0. The Labute approximate surface area is 197 Å². The minimum Gasteiger partial charge on any atom is -0.504 e. The average molecular weight is 454 g/mol. The van der Waals surface area contributed by atoms with E-state index in [9.17, 15) is 14.8 Å². The fourth-order valence-electron chi connectivity index (χ4n) is 4.70. The van der Waals surface area contributed by atoms with Crippen LogP contribution in [-0.4, -0.2) is 60.8 Å². The van der Waals surface area contributed by atoms with Crippen LogP contribution in [0.1, 0.15) is 38.7 Å². The highest BCUT2D eigenvalue weighted by Crippen LogP contribution is 2.36. The van der Waals surface area contributed by atoms with Gasteiger partial charge in [0.1, 0.15) is 12.4 Å². The molecule has 1 N–H and O–H groups in total. The first kappa shape index (κ1) is 25.0. The third kappa shape index (κ3) is 6.69. The summed E-state index contributed by atoms with van der Waals surface area (Å²) in [5.74, 6) is -0.0681. The van der Waals surface area contributed by atoms with Crippen LogP contribution in [0.4, 0.5) is 4.39 Å². The van der Waals surface area contributed by atoms with Crippen LogP contribution in [0.3, 0.4) is 0 Å². The zero-order valence-corrected chi connectivity index (χ0v) is 19.8. The molecule has 33 heavy (non-hydrogen) atoms. The Kier molecular flexibility index (Phi) is 9.11. The summed E-state index contributed by atoms with van der Waals surface area (Å²) >= 11 is 0. The molecule has 0 bridgehead atoms. The van der Waals surface area contributed by atoms with Gasteiger partial charge in [-0.2, -0.15) is 5.26 Å². The number of phenols is 1. The zero-order valence-electron chi connectivity index (χ0n) is 19.8. The number of ether oxygens (including phenoxy) is 1. The van der Waals surface area contributed by atoms with Crippen LogP contribution in [0.15, 0.2) is 48.5 Å². The maximum Gasteiger partial charge on any atom is 0.161 e. The van der Waals surface area contributed by atoms with Gasteiger partial charge < -0.3 is 14.7 Å². The summed E-state index contributed by atoms with van der Waals surface area (Å²) in [6.45, 7) is 10.5. The molecule has 0 amide bonds. The first-order chi connectivity index (χ1) is 15.9. The quantitative estimate of drug-likeness (QED) is 0.559. The summed E-state index contributed by atoms with van der Waals surface area (Å²) in [6.07, 6.45) is 2.95. The number of benzene rings is 2. The van der Waals surface area contributed by atoms with E-state index in [2.05, 4.69) is 41.8 Å². The molecule has 1 fully saturated rings. The first-order valence-electron chi connectivity index (χ1n) is 12.0. The lowest BCUT2D eigenvalue weighted by atomic mass is 9.70. The van der Waals surface area contributed by atoms with E-state index < -0.39 is 11.2 Å². The summed E-state index contributed by atoms with van der Waals surface area (Å²) in [5.41, 5.74) is 0.680. The largest absolute Gasteiger partial charge is 0.504 e. The van der Waals surface area contributed by atoms with Gasteiger partial charge >= 0.3 is 0 Å². The van der Waals surface area contributed by atoms with Gasteiger partial charge in [0, 0.05) is 25.7 Å². The first-order valence-corrected chi connectivity index (χ1v) is 12.0. The molecule has 0 aliphatic carbocycles. The van der Waals surface area contributed by atoms with Gasteiger partial charge in [0.15, 0.2) is 11.5 Å². The van der Waals surface area contributed by atoms with E-state index >= 15 is 0 Å². The molecule has 3 rings (SSSR count).